The molecule has 0 saturated carbocycles. The van der Waals surface area contributed by atoms with Gasteiger partial charge in [-0.3, -0.25) is 9.59 Å². The zero-order valence-electron chi connectivity index (χ0n) is 9.72. The lowest BCUT2D eigenvalue weighted by Gasteiger charge is -2.09. The molecule has 5 nitrogen and oxygen atoms in total. The van der Waals surface area contributed by atoms with Gasteiger partial charge in [0.25, 0.3) is 0 Å². The Kier molecular flexibility index (Phi) is 4.73. The Morgan fingerprint density at radius 1 is 1.28 bits per heavy atom. The molecule has 0 spiro atoms. The maximum atomic E-state index is 13.5. The molecule has 18 heavy (non-hydrogen) atoms. The Morgan fingerprint density at radius 3 is 2.56 bits per heavy atom. The molecule has 0 saturated heterocycles. The summed E-state index contributed by atoms with van der Waals surface area (Å²) >= 11 is 0. The first kappa shape index (κ1) is 14.0. The topological polar surface area (TPSA) is 84.2 Å². The van der Waals surface area contributed by atoms with Gasteiger partial charge in [-0.15, -0.1) is 0 Å². The first-order valence-corrected chi connectivity index (χ1v) is 5.21. The number of hydrogen-bond donors (Lipinski definition) is 3. The molecule has 7 heteroatoms. The molecular weight excluding hydrogens is 244 g/mol. The lowest BCUT2D eigenvalue weighted by atomic mass is 10.2. The molecule has 0 unspecified atom stereocenters. The molecule has 0 aliphatic heterocycles. The molecule has 0 heterocycles. The van der Waals surface area contributed by atoms with Crippen molar-refractivity contribution in [2.24, 2.45) is 5.73 Å². The van der Waals surface area contributed by atoms with Crippen LogP contribution in [0.25, 0.3) is 0 Å². The molecule has 0 bridgehead atoms. The largest absolute Gasteiger partial charge is 0.347 e. The molecule has 4 N–H and O–H groups in total. The zero-order valence-corrected chi connectivity index (χ0v) is 9.72. The first-order chi connectivity index (χ1) is 8.47. The van der Waals surface area contributed by atoms with Crippen LogP contribution in [0.1, 0.15) is 5.56 Å². The highest BCUT2D eigenvalue weighted by molar-refractivity contribution is 6.39. The van der Waals surface area contributed by atoms with Crippen molar-refractivity contribution in [3.05, 3.63) is 29.3 Å². The van der Waals surface area contributed by atoms with Crippen molar-refractivity contribution in [3.8, 4) is 0 Å². The van der Waals surface area contributed by atoms with Crippen molar-refractivity contribution in [3.63, 3.8) is 0 Å². The van der Waals surface area contributed by atoms with E-state index in [4.69, 9.17) is 5.73 Å². The standard InChI is InChI=1S/C11H13F2N3O2/c1-6-2-3-7(12)9(8(6)13)16-11(18)10(17)15-5-4-14/h2-3H,4-5,14H2,1H3,(H,15,17)(H,16,18). The Morgan fingerprint density at radius 2 is 1.94 bits per heavy atom. The van der Waals surface area contributed by atoms with E-state index in [1.165, 1.54) is 13.0 Å². The van der Waals surface area contributed by atoms with E-state index in [1.807, 2.05) is 5.32 Å². The molecule has 0 aliphatic rings. The molecule has 0 aliphatic carbocycles. The Labute approximate surface area is 102 Å². The highest BCUT2D eigenvalue weighted by Crippen LogP contribution is 2.21. The molecule has 1 aromatic carbocycles. The monoisotopic (exact) mass is 257 g/mol. The van der Waals surface area contributed by atoms with E-state index in [0.29, 0.717) is 0 Å². The van der Waals surface area contributed by atoms with Crippen LogP contribution in [0.4, 0.5) is 14.5 Å². The summed E-state index contributed by atoms with van der Waals surface area (Å²) in [5.41, 5.74) is 4.66. The number of nitrogens with two attached hydrogens (primary N) is 1. The van der Waals surface area contributed by atoms with Crippen LogP contribution in [-0.4, -0.2) is 24.9 Å². The van der Waals surface area contributed by atoms with Gasteiger partial charge in [0.1, 0.15) is 11.5 Å². The summed E-state index contributed by atoms with van der Waals surface area (Å²) in [5, 5.41) is 4.07. The second-order valence-corrected chi connectivity index (χ2v) is 3.55. The van der Waals surface area contributed by atoms with Gasteiger partial charge in [-0.05, 0) is 18.6 Å². The third-order valence-corrected chi connectivity index (χ3v) is 2.16. The van der Waals surface area contributed by atoms with Gasteiger partial charge in [0, 0.05) is 13.1 Å². The van der Waals surface area contributed by atoms with E-state index in [9.17, 15) is 18.4 Å². The normalized spacial score (nSPS) is 10.0. The van der Waals surface area contributed by atoms with E-state index < -0.39 is 29.1 Å². The van der Waals surface area contributed by atoms with Crippen LogP contribution in [-0.2, 0) is 9.59 Å². The second-order valence-electron chi connectivity index (χ2n) is 3.55. The lowest BCUT2D eigenvalue weighted by Crippen LogP contribution is -2.38. The van der Waals surface area contributed by atoms with Crippen LogP contribution in [0.5, 0.6) is 0 Å². The van der Waals surface area contributed by atoms with Crippen molar-refractivity contribution in [1.82, 2.24) is 5.32 Å². The third kappa shape index (κ3) is 3.24. The van der Waals surface area contributed by atoms with Crippen LogP contribution < -0.4 is 16.4 Å². The van der Waals surface area contributed by atoms with E-state index in [0.717, 1.165) is 6.07 Å². The summed E-state index contributed by atoms with van der Waals surface area (Å²) in [6.07, 6.45) is 0. The summed E-state index contributed by atoms with van der Waals surface area (Å²) in [6.45, 7) is 1.68. The van der Waals surface area contributed by atoms with E-state index >= 15 is 0 Å². The molecule has 2 amide bonds. The van der Waals surface area contributed by atoms with Gasteiger partial charge in [0.15, 0.2) is 5.82 Å². The smallest absolute Gasteiger partial charge is 0.313 e. The molecule has 0 aromatic heterocycles. The average Bonchev–Trinajstić information content (AvgIpc) is 2.36. The second kappa shape index (κ2) is 6.06. The first-order valence-electron chi connectivity index (χ1n) is 5.21. The van der Waals surface area contributed by atoms with Crippen molar-refractivity contribution in [2.45, 2.75) is 6.92 Å². The maximum absolute atomic E-state index is 13.5. The minimum absolute atomic E-state index is 0.102. The van der Waals surface area contributed by atoms with Gasteiger partial charge in [-0.25, -0.2) is 8.78 Å². The summed E-state index contributed by atoms with van der Waals surface area (Å²) in [7, 11) is 0. The number of aryl methyl sites for hydroxylation is 1. The summed E-state index contributed by atoms with van der Waals surface area (Å²) in [6, 6.07) is 2.24. The van der Waals surface area contributed by atoms with Crippen LogP contribution in [0.2, 0.25) is 0 Å². The van der Waals surface area contributed by atoms with Crippen LogP contribution in [0.3, 0.4) is 0 Å². The van der Waals surface area contributed by atoms with Crippen molar-refractivity contribution in [1.29, 1.82) is 0 Å². The van der Waals surface area contributed by atoms with Gasteiger partial charge >= 0.3 is 11.8 Å². The maximum Gasteiger partial charge on any atom is 0.313 e. The van der Waals surface area contributed by atoms with E-state index in [-0.39, 0.29) is 18.7 Å². The number of hydrogen-bond acceptors (Lipinski definition) is 3. The molecule has 0 radical (unpaired) electrons. The minimum atomic E-state index is -1.15. The number of halogens is 2. The number of carbonyl (C=O) groups is 2. The van der Waals surface area contributed by atoms with Crippen LogP contribution >= 0.6 is 0 Å². The number of benzene rings is 1. The predicted molar refractivity (Wildman–Crippen MR) is 61.8 cm³/mol. The number of amides is 2. The highest BCUT2D eigenvalue weighted by Gasteiger charge is 2.18. The van der Waals surface area contributed by atoms with Gasteiger partial charge in [-0.1, -0.05) is 6.07 Å². The predicted octanol–water partition coefficient (Wildman–Crippen LogP) is 0.287. The van der Waals surface area contributed by atoms with Crippen LogP contribution in [0.15, 0.2) is 12.1 Å². The van der Waals surface area contributed by atoms with Gasteiger partial charge in [0.2, 0.25) is 0 Å². The molecule has 98 valence electrons. The SMILES string of the molecule is Cc1ccc(F)c(NC(=O)C(=O)NCCN)c1F. The average molecular weight is 257 g/mol. The summed E-state index contributed by atoms with van der Waals surface area (Å²) in [5.74, 6) is -4.00. The number of nitrogens with one attached hydrogen (secondary N) is 2. The van der Waals surface area contributed by atoms with Crippen LogP contribution in [0, 0.1) is 18.6 Å². The Balaban J connectivity index is 2.82. The van der Waals surface area contributed by atoms with Gasteiger partial charge in [-0.2, -0.15) is 0 Å². The third-order valence-electron chi connectivity index (χ3n) is 2.16. The molecule has 0 fully saturated rings. The van der Waals surface area contributed by atoms with E-state index in [1.54, 1.807) is 0 Å². The number of rotatable bonds is 3. The number of carbonyl (C=O) groups excluding carboxylic acids is 2. The Hall–Kier alpha value is -2.02. The fourth-order valence-corrected chi connectivity index (χ4v) is 1.21. The van der Waals surface area contributed by atoms with Gasteiger partial charge < -0.3 is 16.4 Å². The summed E-state index contributed by atoms with van der Waals surface area (Å²) in [4.78, 5) is 22.5. The molecular formula is C11H13F2N3O2. The zero-order chi connectivity index (χ0) is 13.7. The van der Waals surface area contributed by atoms with Crippen molar-refractivity contribution >= 4 is 17.5 Å². The highest BCUT2D eigenvalue weighted by atomic mass is 19.1. The number of anilines is 1. The molecule has 1 aromatic rings. The Bertz CT molecular complexity index is 478. The van der Waals surface area contributed by atoms with Crippen molar-refractivity contribution in [2.75, 3.05) is 18.4 Å². The lowest BCUT2D eigenvalue weighted by molar-refractivity contribution is -0.136. The molecule has 1 rings (SSSR count). The van der Waals surface area contributed by atoms with E-state index in [2.05, 4.69) is 5.32 Å². The fourth-order valence-electron chi connectivity index (χ4n) is 1.21. The van der Waals surface area contributed by atoms with Gasteiger partial charge in [0.05, 0.1) is 0 Å². The quantitative estimate of drug-likeness (QED) is 0.680. The molecule has 0 atom stereocenters. The van der Waals surface area contributed by atoms with Crippen molar-refractivity contribution < 1.29 is 18.4 Å². The fraction of sp³-hybridized carbons (Fsp3) is 0.273. The minimum Gasteiger partial charge on any atom is -0.347 e. The summed E-state index contributed by atoms with van der Waals surface area (Å²) < 4.78 is 26.8.